The molecule has 0 aliphatic heterocycles. The van der Waals surface area contributed by atoms with Crippen LogP contribution in [0.3, 0.4) is 0 Å². The van der Waals surface area contributed by atoms with Crippen molar-refractivity contribution in [2.45, 2.75) is 26.2 Å². The Balaban J connectivity index is 1.90. The molecule has 1 heterocycles. The fourth-order valence-corrected chi connectivity index (χ4v) is 4.36. The quantitative estimate of drug-likeness (QED) is 0.823. The molecule has 1 atom stereocenters. The first-order valence-corrected chi connectivity index (χ1v) is 8.81. The Hall–Kier alpha value is -1.64. The standard InChI is InChI=1S/C17H15BrN2OS/c1-10-5-6-15-13(7-10)14(9-19)17(22-15)20-16(21)11-3-2-4-12(18)8-11/h2-4,8,10H,5-7H2,1H3,(H,20,21)/t10-/m0/s1. The fourth-order valence-electron chi connectivity index (χ4n) is 2.77. The molecule has 1 N–H and O–H groups in total. The van der Waals surface area contributed by atoms with E-state index in [4.69, 9.17) is 0 Å². The van der Waals surface area contributed by atoms with Crippen molar-refractivity contribution >= 4 is 38.2 Å². The zero-order valence-electron chi connectivity index (χ0n) is 12.1. The maximum atomic E-state index is 12.4. The van der Waals surface area contributed by atoms with Gasteiger partial charge in [-0.15, -0.1) is 11.3 Å². The summed E-state index contributed by atoms with van der Waals surface area (Å²) < 4.78 is 0.861. The molecule has 0 fully saturated rings. The second kappa shape index (κ2) is 6.23. The van der Waals surface area contributed by atoms with Gasteiger partial charge in [0.25, 0.3) is 5.91 Å². The van der Waals surface area contributed by atoms with Gasteiger partial charge in [0.05, 0.1) is 5.56 Å². The van der Waals surface area contributed by atoms with E-state index >= 15 is 0 Å². The van der Waals surface area contributed by atoms with E-state index in [1.807, 2.05) is 12.1 Å². The van der Waals surface area contributed by atoms with Crippen molar-refractivity contribution in [2.75, 3.05) is 5.32 Å². The molecule has 0 bridgehead atoms. The number of hydrogen-bond acceptors (Lipinski definition) is 3. The first kappa shape index (κ1) is 15.3. The van der Waals surface area contributed by atoms with E-state index in [1.54, 1.807) is 23.5 Å². The van der Waals surface area contributed by atoms with Crippen LogP contribution < -0.4 is 5.32 Å². The smallest absolute Gasteiger partial charge is 0.256 e. The topological polar surface area (TPSA) is 52.9 Å². The van der Waals surface area contributed by atoms with Crippen LogP contribution in [0, 0.1) is 17.2 Å². The lowest BCUT2D eigenvalue weighted by Crippen LogP contribution is -2.12. The average Bonchev–Trinajstić information content (AvgIpc) is 2.83. The zero-order valence-corrected chi connectivity index (χ0v) is 14.6. The number of benzene rings is 1. The summed E-state index contributed by atoms with van der Waals surface area (Å²) in [5.41, 5.74) is 2.36. The van der Waals surface area contributed by atoms with Crippen molar-refractivity contribution in [3.05, 3.63) is 50.3 Å². The predicted octanol–water partition coefficient (Wildman–Crippen LogP) is 4.76. The summed E-state index contributed by atoms with van der Waals surface area (Å²) in [6, 6.07) is 9.52. The van der Waals surface area contributed by atoms with E-state index in [9.17, 15) is 10.1 Å². The van der Waals surface area contributed by atoms with Gasteiger partial charge in [0.15, 0.2) is 0 Å². The van der Waals surface area contributed by atoms with E-state index in [0.717, 1.165) is 29.3 Å². The molecule has 1 aliphatic rings. The van der Waals surface area contributed by atoms with Crippen LogP contribution in [-0.4, -0.2) is 5.91 Å². The van der Waals surface area contributed by atoms with Crippen LogP contribution in [0.5, 0.6) is 0 Å². The molecular formula is C17H15BrN2OS. The number of carbonyl (C=O) groups is 1. The molecule has 3 nitrogen and oxygen atoms in total. The molecule has 5 heteroatoms. The number of carbonyl (C=O) groups excluding carboxylic acids is 1. The number of thiophene rings is 1. The lowest BCUT2D eigenvalue weighted by atomic mass is 9.88. The van der Waals surface area contributed by atoms with Crippen LogP contribution in [0.4, 0.5) is 5.00 Å². The van der Waals surface area contributed by atoms with Gasteiger partial charge in [-0.1, -0.05) is 28.9 Å². The van der Waals surface area contributed by atoms with Gasteiger partial charge < -0.3 is 5.32 Å². The minimum Gasteiger partial charge on any atom is -0.312 e. The molecule has 1 aromatic heterocycles. The molecule has 1 amide bonds. The highest BCUT2D eigenvalue weighted by Gasteiger charge is 2.24. The van der Waals surface area contributed by atoms with Gasteiger partial charge in [-0.05, 0) is 48.9 Å². The summed E-state index contributed by atoms with van der Waals surface area (Å²) in [5.74, 6) is 0.423. The largest absolute Gasteiger partial charge is 0.312 e. The van der Waals surface area contributed by atoms with Crippen molar-refractivity contribution in [3.8, 4) is 6.07 Å². The lowest BCUT2D eigenvalue weighted by molar-refractivity contribution is 0.102. The van der Waals surface area contributed by atoms with E-state index in [-0.39, 0.29) is 5.91 Å². The van der Waals surface area contributed by atoms with Crippen LogP contribution in [0.2, 0.25) is 0 Å². The number of nitriles is 1. The van der Waals surface area contributed by atoms with Gasteiger partial charge in [0, 0.05) is 14.9 Å². The molecule has 112 valence electrons. The number of aryl methyl sites for hydroxylation is 1. The monoisotopic (exact) mass is 374 g/mol. The number of anilines is 1. The molecule has 0 saturated heterocycles. The second-order valence-electron chi connectivity index (χ2n) is 5.63. The van der Waals surface area contributed by atoms with Crippen molar-refractivity contribution in [1.29, 1.82) is 5.26 Å². The predicted molar refractivity (Wildman–Crippen MR) is 92.3 cm³/mol. The minimum absolute atomic E-state index is 0.176. The highest BCUT2D eigenvalue weighted by atomic mass is 79.9. The van der Waals surface area contributed by atoms with Gasteiger partial charge >= 0.3 is 0 Å². The summed E-state index contributed by atoms with van der Waals surface area (Å²) in [4.78, 5) is 13.6. The molecule has 1 aromatic carbocycles. The highest BCUT2D eigenvalue weighted by molar-refractivity contribution is 9.10. The van der Waals surface area contributed by atoms with Gasteiger partial charge in [0.2, 0.25) is 0 Å². The number of rotatable bonds is 2. The zero-order chi connectivity index (χ0) is 15.7. The summed E-state index contributed by atoms with van der Waals surface area (Å²) in [7, 11) is 0. The first-order chi connectivity index (χ1) is 10.6. The fraction of sp³-hybridized carbons (Fsp3) is 0.294. The molecule has 3 rings (SSSR count). The second-order valence-corrected chi connectivity index (χ2v) is 7.65. The highest BCUT2D eigenvalue weighted by Crippen LogP contribution is 2.39. The molecule has 0 radical (unpaired) electrons. The Bertz CT molecular complexity index is 775. The van der Waals surface area contributed by atoms with Crippen LogP contribution in [0.25, 0.3) is 0 Å². The Kier molecular flexibility index (Phi) is 4.32. The third kappa shape index (κ3) is 2.94. The maximum absolute atomic E-state index is 12.4. The summed E-state index contributed by atoms with van der Waals surface area (Å²) in [6.45, 7) is 2.21. The molecule has 2 aromatic rings. The summed E-state index contributed by atoms with van der Waals surface area (Å²) in [5, 5.41) is 13.1. The first-order valence-electron chi connectivity index (χ1n) is 7.20. The van der Waals surface area contributed by atoms with Crippen LogP contribution in [0.1, 0.15) is 39.7 Å². The van der Waals surface area contributed by atoms with Gasteiger partial charge in [-0.2, -0.15) is 5.26 Å². The maximum Gasteiger partial charge on any atom is 0.256 e. The molecule has 0 saturated carbocycles. The third-order valence-electron chi connectivity index (χ3n) is 3.93. The van der Waals surface area contributed by atoms with Crippen molar-refractivity contribution in [1.82, 2.24) is 0 Å². The van der Waals surface area contributed by atoms with Crippen molar-refractivity contribution in [2.24, 2.45) is 5.92 Å². The van der Waals surface area contributed by atoms with Crippen LogP contribution in [-0.2, 0) is 12.8 Å². The molecular weight excluding hydrogens is 360 g/mol. The van der Waals surface area contributed by atoms with Crippen LogP contribution >= 0.6 is 27.3 Å². The van der Waals surface area contributed by atoms with Gasteiger partial charge in [0.1, 0.15) is 11.1 Å². The lowest BCUT2D eigenvalue weighted by Gasteiger charge is -2.17. The van der Waals surface area contributed by atoms with Gasteiger partial charge in [-0.25, -0.2) is 0 Å². The number of amides is 1. The molecule has 0 spiro atoms. The van der Waals surface area contributed by atoms with E-state index in [2.05, 4.69) is 34.2 Å². The van der Waals surface area contributed by atoms with Crippen molar-refractivity contribution < 1.29 is 4.79 Å². The third-order valence-corrected chi connectivity index (χ3v) is 5.63. The molecule has 1 aliphatic carbocycles. The Labute approximate surface area is 142 Å². The van der Waals surface area contributed by atoms with E-state index in [0.29, 0.717) is 22.0 Å². The van der Waals surface area contributed by atoms with Gasteiger partial charge in [-0.3, -0.25) is 4.79 Å². The van der Waals surface area contributed by atoms with E-state index in [1.165, 1.54) is 4.88 Å². The number of nitrogens with one attached hydrogen (secondary N) is 1. The van der Waals surface area contributed by atoms with Crippen molar-refractivity contribution in [3.63, 3.8) is 0 Å². The van der Waals surface area contributed by atoms with Crippen LogP contribution in [0.15, 0.2) is 28.7 Å². The summed E-state index contributed by atoms with van der Waals surface area (Å²) in [6.07, 6.45) is 3.08. The summed E-state index contributed by atoms with van der Waals surface area (Å²) >= 11 is 4.92. The van der Waals surface area contributed by atoms with E-state index < -0.39 is 0 Å². The SMILES string of the molecule is C[C@H]1CCc2sc(NC(=O)c3cccc(Br)c3)c(C#N)c2C1. The Morgan fingerprint density at radius 2 is 2.32 bits per heavy atom. The number of fused-ring (bicyclic) bond motifs is 1. The average molecular weight is 375 g/mol. The number of hydrogen-bond donors (Lipinski definition) is 1. The Morgan fingerprint density at radius 3 is 3.05 bits per heavy atom. The Morgan fingerprint density at radius 1 is 1.50 bits per heavy atom. The normalized spacial score (nSPS) is 16.7. The molecule has 22 heavy (non-hydrogen) atoms. The molecule has 0 unspecified atom stereocenters. The number of nitrogens with zero attached hydrogens (tertiary/aromatic N) is 1. The minimum atomic E-state index is -0.176. The number of halogens is 1.